The minimum atomic E-state index is -0.640. The molecule has 0 radical (unpaired) electrons. The van der Waals surface area contributed by atoms with Crippen molar-refractivity contribution in [3.05, 3.63) is 52.5 Å². The van der Waals surface area contributed by atoms with Gasteiger partial charge in [-0.1, -0.05) is 6.07 Å². The number of ether oxygens (including phenoxy) is 1. The van der Waals surface area contributed by atoms with Gasteiger partial charge < -0.3 is 10.5 Å². The molecule has 0 saturated carbocycles. The van der Waals surface area contributed by atoms with Crippen molar-refractivity contribution >= 4 is 0 Å². The van der Waals surface area contributed by atoms with E-state index in [9.17, 15) is 4.39 Å². The first kappa shape index (κ1) is 13.4. The minimum Gasteiger partial charge on any atom is -0.480 e. The molecule has 0 aliphatic heterocycles. The van der Waals surface area contributed by atoms with Crippen LogP contribution < -0.4 is 10.5 Å². The average Bonchev–Trinajstić information content (AvgIpc) is 2.37. The third-order valence-electron chi connectivity index (χ3n) is 2.98. The zero-order valence-electron chi connectivity index (χ0n) is 11.1. The van der Waals surface area contributed by atoms with Crippen LogP contribution in [0.25, 0.3) is 0 Å². The van der Waals surface area contributed by atoms with Crippen molar-refractivity contribution in [3.63, 3.8) is 0 Å². The van der Waals surface area contributed by atoms with Gasteiger partial charge in [0.1, 0.15) is 5.82 Å². The first-order chi connectivity index (χ1) is 9.02. The SMILES string of the molecule is COc1ccc(C(N)c2c(C)cc(C)cc2F)nn1. The van der Waals surface area contributed by atoms with Gasteiger partial charge in [-0.25, -0.2) is 4.39 Å². The Kier molecular flexibility index (Phi) is 3.76. The molecule has 1 atom stereocenters. The summed E-state index contributed by atoms with van der Waals surface area (Å²) < 4.78 is 19.0. The molecule has 0 aliphatic carbocycles. The van der Waals surface area contributed by atoms with E-state index in [0.717, 1.165) is 11.1 Å². The van der Waals surface area contributed by atoms with E-state index in [1.54, 1.807) is 12.1 Å². The zero-order valence-corrected chi connectivity index (χ0v) is 11.1. The summed E-state index contributed by atoms with van der Waals surface area (Å²) in [5.74, 6) is 0.0830. The fourth-order valence-electron chi connectivity index (χ4n) is 2.07. The van der Waals surface area contributed by atoms with Crippen molar-refractivity contribution < 1.29 is 9.13 Å². The van der Waals surface area contributed by atoms with Gasteiger partial charge in [-0.2, -0.15) is 0 Å². The van der Waals surface area contributed by atoms with Gasteiger partial charge in [0.15, 0.2) is 0 Å². The monoisotopic (exact) mass is 261 g/mol. The summed E-state index contributed by atoms with van der Waals surface area (Å²) in [7, 11) is 1.51. The highest BCUT2D eigenvalue weighted by molar-refractivity contribution is 5.38. The molecule has 1 heterocycles. The normalized spacial score (nSPS) is 12.3. The maximum atomic E-state index is 14.0. The van der Waals surface area contributed by atoms with Gasteiger partial charge in [-0.15, -0.1) is 10.2 Å². The van der Waals surface area contributed by atoms with Gasteiger partial charge in [0.25, 0.3) is 0 Å². The highest BCUT2D eigenvalue weighted by Gasteiger charge is 2.18. The third kappa shape index (κ3) is 2.71. The fraction of sp³-hybridized carbons (Fsp3) is 0.286. The molecule has 4 nitrogen and oxygen atoms in total. The van der Waals surface area contributed by atoms with Gasteiger partial charge in [0, 0.05) is 11.6 Å². The van der Waals surface area contributed by atoms with Crippen molar-refractivity contribution in [1.82, 2.24) is 10.2 Å². The number of aromatic nitrogens is 2. The Morgan fingerprint density at radius 3 is 2.47 bits per heavy atom. The summed E-state index contributed by atoms with van der Waals surface area (Å²) in [5, 5.41) is 7.81. The highest BCUT2D eigenvalue weighted by atomic mass is 19.1. The Labute approximate surface area is 111 Å². The topological polar surface area (TPSA) is 61.0 Å². The predicted molar refractivity (Wildman–Crippen MR) is 70.5 cm³/mol. The molecule has 0 spiro atoms. The van der Waals surface area contributed by atoms with Crippen molar-refractivity contribution in [2.45, 2.75) is 19.9 Å². The van der Waals surface area contributed by atoms with Crippen LogP contribution in [0.1, 0.15) is 28.4 Å². The molecule has 2 aromatic rings. The van der Waals surface area contributed by atoms with Gasteiger partial charge in [0.2, 0.25) is 5.88 Å². The maximum absolute atomic E-state index is 14.0. The summed E-state index contributed by atoms with van der Waals surface area (Å²) in [4.78, 5) is 0. The first-order valence-electron chi connectivity index (χ1n) is 5.92. The Bertz CT molecular complexity index is 561. The lowest BCUT2D eigenvalue weighted by molar-refractivity contribution is 0.390. The Morgan fingerprint density at radius 2 is 1.95 bits per heavy atom. The van der Waals surface area contributed by atoms with Crippen LogP contribution in [0.3, 0.4) is 0 Å². The molecule has 5 heteroatoms. The zero-order chi connectivity index (χ0) is 14.0. The average molecular weight is 261 g/mol. The van der Waals surface area contributed by atoms with Crippen LogP contribution in [0.2, 0.25) is 0 Å². The Morgan fingerprint density at radius 1 is 1.21 bits per heavy atom. The number of aryl methyl sites for hydroxylation is 2. The molecular weight excluding hydrogens is 245 g/mol. The lowest BCUT2D eigenvalue weighted by Gasteiger charge is -2.15. The molecule has 1 unspecified atom stereocenters. The number of nitrogens with two attached hydrogens (primary N) is 1. The van der Waals surface area contributed by atoms with Crippen molar-refractivity contribution in [2.24, 2.45) is 5.73 Å². The minimum absolute atomic E-state index is 0.317. The second-order valence-corrected chi connectivity index (χ2v) is 4.46. The van der Waals surface area contributed by atoms with Crippen molar-refractivity contribution in [1.29, 1.82) is 0 Å². The Hall–Kier alpha value is -2.01. The number of rotatable bonds is 3. The molecule has 2 rings (SSSR count). The summed E-state index contributed by atoms with van der Waals surface area (Å²) in [5.41, 5.74) is 8.71. The number of nitrogens with zero attached hydrogens (tertiary/aromatic N) is 2. The standard InChI is InChI=1S/C14H16FN3O/c1-8-6-9(2)13(10(15)7-8)14(16)11-4-5-12(19-3)18-17-11/h4-7,14H,16H2,1-3H3. The summed E-state index contributed by atoms with van der Waals surface area (Å²) in [6.07, 6.45) is 0. The second-order valence-electron chi connectivity index (χ2n) is 4.46. The van der Waals surface area contributed by atoms with Crippen LogP contribution in [0.5, 0.6) is 5.88 Å². The second kappa shape index (κ2) is 5.32. The summed E-state index contributed by atoms with van der Waals surface area (Å²) >= 11 is 0. The molecule has 0 saturated heterocycles. The van der Waals surface area contributed by atoms with Gasteiger partial charge in [-0.05, 0) is 37.1 Å². The molecule has 1 aromatic heterocycles. The van der Waals surface area contributed by atoms with E-state index in [1.807, 2.05) is 19.9 Å². The number of hydrogen-bond acceptors (Lipinski definition) is 4. The lowest BCUT2D eigenvalue weighted by atomic mass is 9.97. The fourth-order valence-corrected chi connectivity index (χ4v) is 2.07. The largest absolute Gasteiger partial charge is 0.480 e. The van der Waals surface area contributed by atoms with Crippen LogP contribution in [-0.2, 0) is 0 Å². The van der Waals surface area contributed by atoms with E-state index >= 15 is 0 Å². The predicted octanol–water partition coefficient (Wildman–Crippen LogP) is 2.29. The molecule has 2 N–H and O–H groups in total. The van der Waals surface area contributed by atoms with Gasteiger partial charge in [-0.3, -0.25) is 0 Å². The van der Waals surface area contributed by atoms with E-state index in [0.29, 0.717) is 17.1 Å². The van der Waals surface area contributed by atoms with Crippen LogP contribution in [0, 0.1) is 19.7 Å². The summed E-state index contributed by atoms with van der Waals surface area (Å²) in [6, 6.07) is 6.08. The summed E-state index contributed by atoms with van der Waals surface area (Å²) in [6.45, 7) is 3.68. The Balaban J connectivity index is 2.40. The van der Waals surface area contributed by atoms with E-state index in [-0.39, 0.29) is 5.82 Å². The van der Waals surface area contributed by atoms with E-state index in [2.05, 4.69) is 10.2 Å². The molecule has 100 valence electrons. The molecule has 0 aliphatic rings. The smallest absolute Gasteiger partial charge is 0.233 e. The quantitative estimate of drug-likeness (QED) is 0.920. The first-order valence-corrected chi connectivity index (χ1v) is 5.92. The van der Waals surface area contributed by atoms with Crippen molar-refractivity contribution in [2.75, 3.05) is 7.11 Å². The number of benzene rings is 1. The van der Waals surface area contributed by atoms with Crippen LogP contribution in [0.15, 0.2) is 24.3 Å². The number of methoxy groups -OCH3 is 1. The molecule has 0 fully saturated rings. The molecule has 1 aromatic carbocycles. The third-order valence-corrected chi connectivity index (χ3v) is 2.98. The van der Waals surface area contributed by atoms with E-state index < -0.39 is 6.04 Å². The van der Waals surface area contributed by atoms with E-state index in [4.69, 9.17) is 10.5 Å². The van der Waals surface area contributed by atoms with Gasteiger partial charge in [0.05, 0.1) is 18.8 Å². The van der Waals surface area contributed by atoms with Crippen LogP contribution in [0.4, 0.5) is 4.39 Å². The molecular formula is C14H16FN3O. The number of hydrogen-bond donors (Lipinski definition) is 1. The van der Waals surface area contributed by atoms with Crippen molar-refractivity contribution in [3.8, 4) is 5.88 Å². The highest BCUT2D eigenvalue weighted by Crippen LogP contribution is 2.25. The molecule has 0 amide bonds. The van der Waals surface area contributed by atoms with E-state index in [1.165, 1.54) is 13.2 Å². The van der Waals surface area contributed by atoms with Crippen LogP contribution >= 0.6 is 0 Å². The lowest BCUT2D eigenvalue weighted by Crippen LogP contribution is -2.17. The number of halogens is 1. The van der Waals surface area contributed by atoms with Crippen LogP contribution in [-0.4, -0.2) is 17.3 Å². The maximum Gasteiger partial charge on any atom is 0.233 e. The van der Waals surface area contributed by atoms with Gasteiger partial charge >= 0.3 is 0 Å². The molecule has 0 bridgehead atoms. The molecule has 19 heavy (non-hydrogen) atoms.